The Hall–Kier alpha value is -1.57. The number of carbonyl (C=O) groups is 1. The number of rotatable bonds is 2. The molecule has 0 unspecified atom stereocenters. The molecule has 0 N–H and O–H groups in total. The van der Waals surface area contributed by atoms with Gasteiger partial charge in [0, 0.05) is 5.56 Å². The zero-order chi connectivity index (χ0) is 11.5. The van der Waals surface area contributed by atoms with Crippen LogP contribution in [0.4, 0.5) is 0 Å². The zero-order valence-corrected chi connectivity index (χ0v) is 9.75. The molecule has 2 heteroatoms. The Balaban J connectivity index is 2.26. The predicted molar refractivity (Wildman–Crippen MR) is 63.5 cm³/mol. The van der Waals surface area contributed by atoms with Crippen LogP contribution in [0.1, 0.15) is 34.3 Å². The van der Waals surface area contributed by atoms with E-state index in [0.29, 0.717) is 12.4 Å². The smallest absolute Gasteiger partial charge is 0.227 e. The fraction of sp³-hybridized carbons (Fsp3) is 0.357. The van der Waals surface area contributed by atoms with Gasteiger partial charge in [-0.3, -0.25) is 4.79 Å². The molecule has 2 nitrogen and oxygen atoms in total. The Morgan fingerprint density at radius 3 is 2.69 bits per heavy atom. The van der Waals surface area contributed by atoms with E-state index in [1.54, 1.807) is 0 Å². The van der Waals surface area contributed by atoms with E-state index in [0.717, 1.165) is 24.0 Å². The molecule has 0 aliphatic carbocycles. The molecule has 16 heavy (non-hydrogen) atoms. The number of allylic oxidation sites excluding steroid dienone is 2. The average Bonchev–Trinajstić information content (AvgIpc) is 2.33. The van der Waals surface area contributed by atoms with Gasteiger partial charge >= 0.3 is 0 Å². The minimum atomic E-state index is 0.00259. The summed E-state index contributed by atoms with van der Waals surface area (Å²) < 4.78 is 5.38. The van der Waals surface area contributed by atoms with Gasteiger partial charge < -0.3 is 4.74 Å². The van der Waals surface area contributed by atoms with E-state index in [-0.39, 0.29) is 5.78 Å². The molecule has 0 atom stereocenters. The van der Waals surface area contributed by atoms with Crippen LogP contribution in [0, 0.1) is 13.8 Å². The van der Waals surface area contributed by atoms with Gasteiger partial charge in [-0.25, -0.2) is 0 Å². The fourth-order valence-electron chi connectivity index (χ4n) is 1.74. The molecule has 0 saturated carbocycles. The number of aryl methyl sites for hydroxylation is 2. The maximum Gasteiger partial charge on any atom is 0.227 e. The van der Waals surface area contributed by atoms with Crippen LogP contribution in [-0.2, 0) is 4.74 Å². The first-order valence-electron chi connectivity index (χ1n) is 5.63. The minimum absolute atomic E-state index is 0.00259. The second-order valence-corrected chi connectivity index (χ2v) is 4.19. The molecule has 0 saturated heterocycles. The SMILES string of the molecule is Cc1ccc(C(=O)C2=CCCCO2)cc1C. The van der Waals surface area contributed by atoms with Crippen LogP contribution < -0.4 is 0 Å². The fourth-order valence-corrected chi connectivity index (χ4v) is 1.74. The summed E-state index contributed by atoms with van der Waals surface area (Å²) in [5, 5.41) is 0. The van der Waals surface area contributed by atoms with Gasteiger partial charge in [-0.15, -0.1) is 0 Å². The number of hydrogen-bond donors (Lipinski definition) is 0. The Morgan fingerprint density at radius 2 is 2.06 bits per heavy atom. The van der Waals surface area contributed by atoms with Gasteiger partial charge in [0.1, 0.15) is 0 Å². The molecule has 1 aromatic rings. The van der Waals surface area contributed by atoms with Crippen molar-refractivity contribution in [3.63, 3.8) is 0 Å². The predicted octanol–water partition coefficient (Wildman–Crippen LogP) is 3.18. The monoisotopic (exact) mass is 216 g/mol. The van der Waals surface area contributed by atoms with Crippen LogP contribution in [0.5, 0.6) is 0 Å². The molecule has 1 aromatic carbocycles. The summed E-state index contributed by atoms with van der Waals surface area (Å²) in [6.07, 6.45) is 3.83. The number of benzene rings is 1. The summed E-state index contributed by atoms with van der Waals surface area (Å²) in [6, 6.07) is 5.77. The minimum Gasteiger partial charge on any atom is -0.490 e. The molecule has 1 aliphatic heterocycles. The molecule has 0 radical (unpaired) electrons. The molecule has 0 spiro atoms. The van der Waals surface area contributed by atoms with Crippen molar-refractivity contribution in [2.45, 2.75) is 26.7 Å². The van der Waals surface area contributed by atoms with E-state index in [9.17, 15) is 4.79 Å². The number of ketones is 1. The van der Waals surface area contributed by atoms with Crippen molar-refractivity contribution in [1.82, 2.24) is 0 Å². The third-order valence-electron chi connectivity index (χ3n) is 2.93. The van der Waals surface area contributed by atoms with Crippen LogP contribution >= 0.6 is 0 Å². The molecular weight excluding hydrogens is 200 g/mol. The van der Waals surface area contributed by atoms with E-state index >= 15 is 0 Å². The molecular formula is C14H16O2. The first-order valence-corrected chi connectivity index (χ1v) is 5.63. The lowest BCUT2D eigenvalue weighted by atomic mass is 10.0. The Kier molecular flexibility index (Phi) is 3.09. The molecule has 0 amide bonds. The van der Waals surface area contributed by atoms with Gasteiger partial charge in [-0.1, -0.05) is 12.1 Å². The Bertz CT molecular complexity index is 444. The summed E-state index contributed by atoms with van der Waals surface area (Å²) in [7, 11) is 0. The number of ether oxygens (including phenoxy) is 1. The standard InChI is InChI=1S/C14H16O2/c1-10-6-7-12(9-11(10)2)14(15)13-5-3-4-8-16-13/h5-7,9H,3-4,8H2,1-2H3. The second kappa shape index (κ2) is 4.52. The Labute approximate surface area is 95.9 Å². The molecule has 1 aliphatic rings. The maximum atomic E-state index is 12.1. The third kappa shape index (κ3) is 2.16. The van der Waals surface area contributed by atoms with Gasteiger partial charge in [-0.2, -0.15) is 0 Å². The van der Waals surface area contributed by atoms with Crippen LogP contribution in [-0.4, -0.2) is 12.4 Å². The second-order valence-electron chi connectivity index (χ2n) is 4.19. The van der Waals surface area contributed by atoms with Crippen molar-refractivity contribution in [3.8, 4) is 0 Å². The molecule has 84 valence electrons. The van der Waals surface area contributed by atoms with Crippen LogP contribution in [0.15, 0.2) is 30.0 Å². The van der Waals surface area contributed by atoms with Gasteiger partial charge in [-0.05, 0) is 50.0 Å². The summed E-state index contributed by atoms with van der Waals surface area (Å²) in [4.78, 5) is 12.1. The first kappa shape index (κ1) is 10.9. The molecule has 2 rings (SSSR count). The van der Waals surface area contributed by atoms with Gasteiger partial charge in [0.05, 0.1) is 6.61 Å². The van der Waals surface area contributed by atoms with Crippen LogP contribution in [0.3, 0.4) is 0 Å². The number of Topliss-reactive ketones (excluding diaryl/α,β-unsaturated/α-hetero) is 1. The first-order chi connectivity index (χ1) is 7.68. The number of hydrogen-bond acceptors (Lipinski definition) is 2. The van der Waals surface area contributed by atoms with E-state index in [4.69, 9.17) is 4.74 Å². The summed E-state index contributed by atoms with van der Waals surface area (Å²) >= 11 is 0. The topological polar surface area (TPSA) is 26.3 Å². The normalized spacial score (nSPS) is 15.2. The lowest BCUT2D eigenvalue weighted by molar-refractivity contribution is 0.0899. The largest absolute Gasteiger partial charge is 0.490 e. The van der Waals surface area contributed by atoms with Crippen molar-refractivity contribution in [2.24, 2.45) is 0 Å². The summed E-state index contributed by atoms with van der Waals surface area (Å²) in [5.41, 5.74) is 3.06. The van der Waals surface area contributed by atoms with E-state index in [2.05, 4.69) is 0 Å². The highest BCUT2D eigenvalue weighted by Crippen LogP contribution is 2.17. The van der Waals surface area contributed by atoms with Crippen molar-refractivity contribution in [1.29, 1.82) is 0 Å². The lowest BCUT2D eigenvalue weighted by Crippen LogP contribution is -2.11. The van der Waals surface area contributed by atoms with E-state index in [1.807, 2.05) is 38.1 Å². The molecule has 1 heterocycles. The van der Waals surface area contributed by atoms with Crippen molar-refractivity contribution >= 4 is 5.78 Å². The summed E-state index contributed by atoms with van der Waals surface area (Å²) in [5.74, 6) is 0.511. The highest BCUT2D eigenvalue weighted by Gasteiger charge is 2.16. The summed E-state index contributed by atoms with van der Waals surface area (Å²) in [6.45, 7) is 4.71. The third-order valence-corrected chi connectivity index (χ3v) is 2.93. The lowest BCUT2D eigenvalue weighted by Gasteiger charge is -2.14. The van der Waals surface area contributed by atoms with Crippen LogP contribution in [0.25, 0.3) is 0 Å². The van der Waals surface area contributed by atoms with E-state index in [1.165, 1.54) is 5.56 Å². The number of carbonyl (C=O) groups excluding carboxylic acids is 1. The molecule has 0 fully saturated rings. The van der Waals surface area contributed by atoms with Crippen molar-refractivity contribution in [3.05, 3.63) is 46.7 Å². The van der Waals surface area contributed by atoms with Gasteiger partial charge in [0.2, 0.25) is 5.78 Å². The average molecular weight is 216 g/mol. The van der Waals surface area contributed by atoms with Crippen molar-refractivity contribution in [2.75, 3.05) is 6.61 Å². The highest BCUT2D eigenvalue weighted by atomic mass is 16.5. The zero-order valence-electron chi connectivity index (χ0n) is 9.75. The Morgan fingerprint density at radius 1 is 1.25 bits per heavy atom. The molecule has 0 aromatic heterocycles. The highest BCUT2D eigenvalue weighted by molar-refractivity contribution is 6.07. The van der Waals surface area contributed by atoms with Gasteiger partial charge in [0.25, 0.3) is 0 Å². The van der Waals surface area contributed by atoms with Crippen molar-refractivity contribution < 1.29 is 9.53 Å². The van der Waals surface area contributed by atoms with Crippen LogP contribution in [0.2, 0.25) is 0 Å². The quantitative estimate of drug-likeness (QED) is 0.710. The van der Waals surface area contributed by atoms with Gasteiger partial charge in [0.15, 0.2) is 5.76 Å². The maximum absolute atomic E-state index is 12.1. The molecule has 0 bridgehead atoms. The van der Waals surface area contributed by atoms with E-state index < -0.39 is 0 Å².